The number of carboxylic acids is 1. The molecular formula is C19H15FN2O3S2. The number of anilines is 1. The molecule has 0 atom stereocenters. The number of carbonyl (C=O) groups is 1. The largest absolute Gasteiger partial charge is 0.488 e. The van der Waals surface area contributed by atoms with Crippen molar-refractivity contribution >= 4 is 34.9 Å². The Morgan fingerprint density at radius 1 is 1.26 bits per heavy atom. The van der Waals surface area contributed by atoms with Gasteiger partial charge in [-0.3, -0.25) is 0 Å². The van der Waals surface area contributed by atoms with Crippen LogP contribution in [0.5, 0.6) is 5.75 Å². The highest BCUT2D eigenvalue weighted by molar-refractivity contribution is 8.02. The smallest absolute Gasteiger partial charge is 0.335 e. The van der Waals surface area contributed by atoms with Gasteiger partial charge in [0.2, 0.25) is 0 Å². The number of aromatic carboxylic acids is 1. The third kappa shape index (κ3) is 4.40. The lowest BCUT2D eigenvalue weighted by Gasteiger charge is -2.12. The van der Waals surface area contributed by atoms with E-state index >= 15 is 0 Å². The number of nitrogens with one attached hydrogen (secondary N) is 1. The maximum absolute atomic E-state index is 13.0. The van der Waals surface area contributed by atoms with Gasteiger partial charge in [-0.05, 0) is 67.3 Å². The zero-order chi connectivity index (χ0) is 18.8. The standard InChI is InChI=1S/C19H15FN2O3S2/c20-13-4-1-11(2-5-13)18-21-10-17(26-18)27-22-15-8-3-12(19(23)24)9-16(15)25-14-6-7-14/h1-5,8-10,14,22H,6-7H2,(H,23,24). The van der Waals surface area contributed by atoms with Crippen LogP contribution >= 0.6 is 23.3 Å². The first-order chi connectivity index (χ1) is 13.1. The lowest BCUT2D eigenvalue weighted by molar-refractivity contribution is 0.0696. The highest BCUT2D eigenvalue weighted by Gasteiger charge is 2.25. The Balaban J connectivity index is 1.48. The summed E-state index contributed by atoms with van der Waals surface area (Å²) in [6.07, 6.45) is 3.88. The number of rotatable bonds is 7. The Hall–Kier alpha value is -2.58. The summed E-state index contributed by atoms with van der Waals surface area (Å²) in [5, 5.41) is 9.98. The van der Waals surface area contributed by atoms with Gasteiger partial charge in [0.15, 0.2) is 0 Å². The number of benzene rings is 2. The third-order valence-electron chi connectivity index (χ3n) is 3.88. The molecule has 0 amide bonds. The van der Waals surface area contributed by atoms with Gasteiger partial charge in [-0.25, -0.2) is 14.2 Å². The predicted octanol–water partition coefficient (Wildman–Crippen LogP) is 5.31. The minimum absolute atomic E-state index is 0.160. The van der Waals surface area contributed by atoms with Crippen molar-refractivity contribution in [3.8, 4) is 16.3 Å². The summed E-state index contributed by atoms with van der Waals surface area (Å²) in [4.78, 5) is 15.6. The Morgan fingerprint density at radius 3 is 2.74 bits per heavy atom. The fourth-order valence-electron chi connectivity index (χ4n) is 2.34. The molecular weight excluding hydrogens is 387 g/mol. The van der Waals surface area contributed by atoms with E-state index in [1.54, 1.807) is 36.5 Å². The van der Waals surface area contributed by atoms with Crippen LogP contribution in [0.15, 0.2) is 52.9 Å². The van der Waals surface area contributed by atoms with E-state index in [0.717, 1.165) is 27.6 Å². The van der Waals surface area contributed by atoms with E-state index in [9.17, 15) is 14.3 Å². The zero-order valence-electron chi connectivity index (χ0n) is 14.0. The van der Waals surface area contributed by atoms with E-state index in [0.29, 0.717) is 11.4 Å². The number of halogens is 1. The molecule has 4 rings (SSSR count). The number of ether oxygens (including phenoxy) is 1. The summed E-state index contributed by atoms with van der Waals surface area (Å²) in [5.74, 6) is -0.728. The average Bonchev–Trinajstić information content (AvgIpc) is 3.35. The Morgan fingerprint density at radius 2 is 2.04 bits per heavy atom. The van der Waals surface area contributed by atoms with Crippen LogP contribution in [0.2, 0.25) is 0 Å². The summed E-state index contributed by atoms with van der Waals surface area (Å²) in [7, 11) is 0. The van der Waals surface area contributed by atoms with Crippen molar-refractivity contribution in [3.63, 3.8) is 0 Å². The molecule has 5 nitrogen and oxygen atoms in total. The van der Waals surface area contributed by atoms with Crippen molar-refractivity contribution in [3.05, 3.63) is 60.0 Å². The van der Waals surface area contributed by atoms with E-state index in [2.05, 4.69) is 9.71 Å². The lowest BCUT2D eigenvalue weighted by atomic mass is 10.2. The van der Waals surface area contributed by atoms with E-state index < -0.39 is 5.97 Å². The molecule has 0 unspecified atom stereocenters. The van der Waals surface area contributed by atoms with Gasteiger partial charge >= 0.3 is 5.97 Å². The fourth-order valence-corrected chi connectivity index (χ4v) is 4.01. The lowest BCUT2D eigenvalue weighted by Crippen LogP contribution is -2.02. The SMILES string of the molecule is O=C(O)c1ccc(NSc2cnc(-c3ccc(F)cc3)s2)c(OC2CC2)c1. The van der Waals surface area contributed by atoms with E-state index in [4.69, 9.17) is 4.74 Å². The van der Waals surface area contributed by atoms with E-state index in [-0.39, 0.29) is 17.5 Å². The Kier molecular flexibility index (Phi) is 5.00. The number of hydrogen-bond donors (Lipinski definition) is 2. The van der Waals surface area contributed by atoms with Gasteiger partial charge in [0, 0.05) is 5.56 Å². The van der Waals surface area contributed by atoms with Gasteiger partial charge < -0.3 is 14.6 Å². The molecule has 2 N–H and O–H groups in total. The van der Waals surface area contributed by atoms with Crippen LogP contribution in [-0.2, 0) is 0 Å². The first kappa shape index (κ1) is 17.8. The molecule has 0 spiro atoms. The summed E-state index contributed by atoms with van der Waals surface area (Å²) in [6, 6.07) is 11.0. The predicted molar refractivity (Wildman–Crippen MR) is 104 cm³/mol. The number of nitrogens with zero attached hydrogens (tertiary/aromatic N) is 1. The van der Waals surface area contributed by atoms with Crippen LogP contribution in [0.1, 0.15) is 23.2 Å². The van der Waals surface area contributed by atoms with E-state index in [1.165, 1.54) is 35.4 Å². The van der Waals surface area contributed by atoms with Crippen LogP contribution < -0.4 is 9.46 Å². The molecule has 3 aromatic rings. The number of aromatic nitrogens is 1. The monoisotopic (exact) mass is 402 g/mol. The molecule has 0 bridgehead atoms. The second-order valence-corrected chi connectivity index (χ2v) is 8.17. The summed E-state index contributed by atoms with van der Waals surface area (Å²) >= 11 is 2.86. The summed E-state index contributed by atoms with van der Waals surface area (Å²) in [6.45, 7) is 0. The molecule has 1 aliphatic carbocycles. The molecule has 0 radical (unpaired) electrons. The van der Waals surface area contributed by atoms with Crippen molar-refractivity contribution in [1.29, 1.82) is 0 Å². The maximum Gasteiger partial charge on any atom is 0.335 e. The molecule has 2 aromatic carbocycles. The molecule has 8 heteroatoms. The molecule has 1 fully saturated rings. The molecule has 27 heavy (non-hydrogen) atoms. The highest BCUT2D eigenvalue weighted by Crippen LogP contribution is 2.37. The third-order valence-corrected chi connectivity index (χ3v) is 5.85. The number of hydrogen-bond acceptors (Lipinski definition) is 6. The molecule has 1 aromatic heterocycles. The van der Waals surface area contributed by atoms with Gasteiger partial charge in [0.25, 0.3) is 0 Å². The van der Waals surface area contributed by atoms with Crippen molar-refractivity contribution in [2.75, 3.05) is 4.72 Å². The molecule has 1 aliphatic rings. The van der Waals surface area contributed by atoms with Gasteiger partial charge in [-0.1, -0.05) is 0 Å². The van der Waals surface area contributed by atoms with Gasteiger partial charge in [-0.15, -0.1) is 11.3 Å². The fraction of sp³-hybridized carbons (Fsp3) is 0.158. The van der Waals surface area contributed by atoms with Crippen LogP contribution in [0.25, 0.3) is 10.6 Å². The van der Waals surface area contributed by atoms with Crippen molar-refractivity contribution < 1.29 is 19.0 Å². The van der Waals surface area contributed by atoms with Gasteiger partial charge in [0.1, 0.15) is 20.8 Å². The first-order valence-corrected chi connectivity index (χ1v) is 9.90. The summed E-state index contributed by atoms with van der Waals surface area (Å²) < 4.78 is 23.0. The Bertz CT molecular complexity index is 971. The van der Waals surface area contributed by atoms with Gasteiger partial charge in [-0.2, -0.15) is 0 Å². The molecule has 1 saturated carbocycles. The van der Waals surface area contributed by atoms with Crippen molar-refractivity contribution in [1.82, 2.24) is 4.98 Å². The topological polar surface area (TPSA) is 71.5 Å². The summed E-state index contributed by atoms with van der Waals surface area (Å²) in [5.41, 5.74) is 1.77. The molecule has 0 saturated heterocycles. The number of carboxylic acid groups (broad SMARTS) is 1. The molecule has 0 aliphatic heterocycles. The first-order valence-electron chi connectivity index (χ1n) is 8.27. The maximum atomic E-state index is 13.0. The van der Waals surface area contributed by atoms with Crippen molar-refractivity contribution in [2.24, 2.45) is 0 Å². The minimum Gasteiger partial charge on any atom is -0.488 e. The van der Waals surface area contributed by atoms with Crippen molar-refractivity contribution in [2.45, 2.75) is 23.2 Å². The normalized spacial score (nSPS) is 13.4. The molecule has 1 heterocycles. The quantitative estimate of drug-likeness (QED) is 0.522. The second kappa shape index (κ2) is 7.58. The molecule has 138 valence electrons. The van der Waals surface area contributed by atoms with Crippen LogP contribution in [0, 0.1) is 5.82 Å². The van der Waals surface area contributed by atoms with Crippen LogP contribution in [-0.4, -0.2) is 22.2 Å². The van der Waals surface area contributed by atoms with Crippen LogP contribution in [0.3, 0.4) is 0 Å². The van der Waals surface area contributed by atoms with E-state index in [1.807, 2.05) is 0 Å². The number of thiazole rings is 1. The van der Waals surface area contributed by atoms with Crippen LogP contribution in [0.4, 0.5) is 10.1 Å². The average molecular weight is 402 g/mol. The highest BCUT2D eigenvalue weighted by atomic mass is 32.2. The van der Waals surface area contributed by atoms with Gasteiger partial charge in [0.05, 0.1) is 23.6 Å². The minimum atomic E-state index is -0.985. The second-order valence-electron chi connectivity index (χ2n) is 6.03. The Labute approximate surface area is 163 Å². The zero-order valence-corrected chi connectivity index (χ0v) is 15.6.